The lowest BCUT2D eigenvalue weighted by Gasteiger charge is -2.42. The topological polar surface area (TPSA) is 242 Å². The molecule has 0 radical (unpaired) electrons. The molecule has 4 rings (SSSR count). The summed E-state index contributed by atoms with van der Waals surface area (Å²) >= 11 is 0. The second-order valence-electron chi connectivity index (χ2n) is 21.8. The molecule has 17 nitrogen and oxygen atoms in total. The first kappa shape index (κ1) is 61.6. The van der Waals surface area contributed by atoms with Crippen molar-refractivity contribution in [1.29, 1.82) is 0 Å². The molecular weight excluding hydrogens is 943 g/mol. The molecule has 1 saturated carbocycles. The van der Waals surface area contributed by atoms with Crippen molar-refractivity contribution < 1.29 is 77.6 Å². The molecule has 0 spiro atoms. The molecule has 0 aromatic heterocycles. The average molecular weight is 1030 g/mol. The number of hydrogen-bond donors (Lipinski definition) is 4. The minimum atomic E-state index is -2.47. The highest BCUT2D eigenvalue weighted by Crippen LogP contribution is 2.38. The van der Waals surface area contributed by atoms with Crippen molar-refractivity contribution in [3.05, 3.63) is 47.6 Å². The molecule has 2 bridgehead atoms. The van der Waals surface area contributed by atoms with Gasteiger partial charge in [0.15, 0.2) is 5.78 Å². The summed E-state index contributed by atoms with van der Waals surface area (Å²) in [5.74, 6) is -9.36. The van der Waals surface area contributed by atoms with E-state index in [2.05, 4.69) is 0 Å². The van der Waals surface area contributed by atoms with E-state index in [9.17, 15) is 49.2 Å². The Morgan fingerprint density at radius 3 is 2.21 bits per heavy atom. The first-order chi connectivity index (χ1) is 34.5. The fourth-order valence-corrected chi connectivity index (χ4v) is 10.7. The molecular formula is C56H87NO16. The van der Waals surface area contributed by atoms with Crippen LogP contribution in [0.2, 0.25) is 0 Å². The zero-order valence-electron chi connectivity index (χ0n) is 45.3. The molecule has 0 aromatic rings. The predicted molar refractivity (Wildman–Crippen MR) is 271 cm³/mol. The number of ether oxygens (including phenoxy) is 6. The lowest BCUT2D eigenvalue weighted by molar-refractivity contribution is -0.265. The van der Waals surface area contributed by atoms with Crippen molar-refractivity contribution in [3.8, 4) is 0 Å². The number of carbonyl (C=O) groups is 6. The molecule has 4 aliphatic rings. The van der Waals surface area contributed by atoms with Gasteiger partial charge in [0.05, 0.1) is 31.5 Å². The number of ketones is 3. The van der Waals surface area contributed by atoms with Crippen LogP contribution in [0.3, 0.4) is 0 Å². The van der Waals surface area contributed by atoms with Crippen LogP contribution >= 0.6 is 0 Å². The predicted octanol–water partition coefficient (Wildman–Crippen LogP) is 5.72. The third-order valence-corrected chi connectivity index (χ3v) is 15.9. The number of aliphatic hydroxyl groups is 4. The molecule has 15 atom stereocenters. The van der Waals surface area contributed by atoms with E-state index in [4.69, 9.17) is 28.4 Å². The second-order valence-corrected chi connectivity index (χ2v) is 21.8. The standard InChI is InChI=1S/C56H87NO16/c1-33-17-13-12-14-18-34(2)45(68-9)29-41-22-20-39(7)56(67,73-41)51(63)52(64)57-24-16-15-19-42(57)53(65)71-46(30-43(60)35(3)26-38(6)49(62)50(70-11)48(61)37(5)25-33)36(4)27-40-21-23-44(47(28-40)69-10)72-54(66)55(8,31-58)32-59/h12-14,17-18,26,33,35-37,39-42,44-47,49-50,58-59,62,67H,15-16,19-25,27-32H2,1-11H3/b14-12+,17-13+,34-18+,38-26+/t33-,35-,36-,37-,39-,40+,41+,42?,44?,45+,46+,47-,49-,50+,56-/m1/s1. The Kier molecular flexibility index (Phi) is 23.9. The summed E-state index contributed by atoms with van der Waals surface area (Å²) in [6.45, 7) is 12.7. The quantitative estimate of drug-likeness (QED) is 0.116. The molecule has 1 aliphatic carbocycles. The van der Waals surface area contributed by atoms with Gasteiger partial charge in [0.1, 0.15) is 41.7 Å². The molecule has 2 saturated heterocycles. The Morgan fingerprint density at radius 1 is 0.863 bits per heavy atom. The van der Waals surface area contributed by atoms with Crippen molar-refractivity contribution in [2.24, 2.45) is 40.9 Å². The number of Topliss-reactive ketones (excluding diaryl/α,β-unsaturated/α-hetero) is 3. The average Bonchev–Trinajstić information content (AvgIpc) is 3.37. The number of carbonyl (C=O) groups excluding carboxylic acids is 6. The van der Waals surface area contributed by atoms with Crippen molar-refractivity contribution in [2.75, 3.05) is 41.1 Å². The van der Waals surface area contributed by atoms with Gasteiger partial charge >= 0.3 is 11.9 Å². The lowest BCUT2D eigenvalue weighted by atomic mass is 9.78. The molecule has 73 heavy (non-hydrogen) atoms. The monoisotopic (exact) mass is 1030 g/mol. The zero-order valence-corrected chi connectivity index (χ0v) is 45.3. The first-order valence-corrected chi connectivity index (χ1v) is 26.4. The van der Waals surface area contributed by atoms with Gasteiger partial charge in [-0.15, -0.1) is 0 Å². The molecule has 17 heteroatoms. The van der Waals surface area contributed by atoms with Gasteiger partial charge in [-0.25, -0.2) is 4.79 Å². The molecule has 3 heterocycles. The van der Waals surface area contributed by atoms with Crippen LogP contribution in [0.25, 0.3) is 0 Å². The normalized spacial score (nSPS) is 37.4. The highest BCUT2D eigenvalue weighted by atomic mass is 16.6. The van der Waals surface area contributed by atoms with Gasteiger partial charge in [0.25, 0.3) is 11.7 Å². The Balaban J connectivity index is 1.69. The van der Waals surface area contributed by atoms with Crippen molar-refractivity contribution in [2.45, 2.75) is 187 Å². The summed E-state index contributed by atoms with van der Waals surface area (Å²) in [6, 6.07) is -1.20. The van der Waals surface area contributed by atoms with Crippen molar-refractivity contribution in [3.63, 3.8) is 0 Å². The number of allylic oxidation sites excluding steroid dienone is 6. The van der Waals surface area contributed by atoms with Crippen LogP contribution in [0, 0.1) is 40.9 Å². The van der Waals surface area contributed by atoms with Crippen LogP contribution in [0.1, 0.15) is 132 Å². The minimum Gasteiger partial charge on any atom is -0.460 e. The maximum absolute atomic E-state index is 14.5. The molecule has 2 unspecified atom stereocenters. The van der Waals surface area contributed by atoms with E-state index >= 15 is 0 Å². The van der Waals surface area contributed by atoms with E-state index in [-0.39, 0.29) is 42.8 Å². The molecule has 0 aromatic carbocycles. The van der Waals surface area contributed by atoms with E-state index in [1.807, 2.05) is 51.2 Å². The lowest BCUT2D eigenvalue weighted by Crippen LogP contribution is -2.61. The SMILES string of the molecule is CO[C@H]1C[C@@H]2CC[C@@H](C)[C@@](O)(O2)C(=O)C(=O)N2CCCCC2C(=O)O[C@H]([C@H](C)C[C@@H]2CCC(OC(=O)C(C)(CO)CO)[C@H](OC)C2)CC(=O)[C@H](C)/C=C(\C)[C@@H](O)[C@@H](OC)C(=O)[C@H](C)C[C@H](C)/C=C/C=C/C=C/1C. The van der Waals surface area contributed by atoms with E-state index in [1.54, 1.807) is 40.9 Å². The van der Waals surface area contributed by atoms with Gasteiger partial charge in [0, 0.05) is 58.5 Å². The van der Waals surface area contributed by atoms with Crippen molar-refractivity contribution in [1.82, 2.24) is 4.90 Å². The molecule has 1 amide bonds. The number of cyclic esters (lactones) is 1. The van der Waals surface area contributed by atoms with Crippen LogP contribution in [-0.2, 0) is 57.2 Å². The number of fused-ring (bicyclic) bond motifs is 3. The molecule has 4 N–H and O–H groups in total. The summed E-state index contributed by atoms with van der Waals surface area (Å²) in [4.78, 5) is 85.4. The van der Waals surface area contributed by atoms with Crippen LogP contribution < -0.4 is 0 Å². The highest BCUT2D eigenvalue weighted by Gasteiger charge is 2.53. The van der Waals surface area contributed by atoms with Gasteiger partial charge < -0.3 is 53.7 Å². The van der Waals surface area contributed by atoms with E-state index in [1.165, 1.54) is 21.1 Å². The third-order valence-electron chi connectivity index (χ3n) is 15.9. The number of nitrogens with zero attached hydrogens (tertiary/aromatic N) is 1. The number of amides is 1. The molecule has 412 valence electrons. The van der Waals surface area contributed by atoms with Crippen molar-refractivity contribution >= 4 is 35.2 Å². The number of aliphatic hydroxyl groups excluding tert-OH is 3. The van der Waals surface area contributed by atoms with E-state index in [0.29, 0.717) is 69.8 Å². The Bertz CT molecular complexity index is 2010. The van der Waals surface area contributed by atoms with Gasteiger partial charge in [-0.3, -0.25) is 24.0 Å². The van der Waals surface area contributed by atoms with Gasteiger partial charge in [-0.05, 0) is 114 Å². The Morgan fingerprint density at radius 2 is 1.56 bits per heavy atom. The largest absolute Gasteiger partial charge is 0.460 e. The van der Waals surface area contributed by atoms with E-state index in [0.717, 1.165) is 10.5 Å². The van der Waals surface area contributed by atoms with Crippen LogP contribution in [0.4, 0.5) is 0 Å². The number of rotatable bonds is 10. The van der Waals surface area contributed by atoms with Gasteiger partial charge in [-0.1, -0.05) is 71.1 Å². The van der Waals surface area contributed by atoms with Crippen LogP contribution in [0.5, 0.6) is 0 Å². The molecule has 3 aliphatic heterocycles. The van der Waals surface area contributed by atoms with E-state index < -0.39 is 120 Å². The maximum Gasteiger partial charge on any atom is 0.329 e. The third kappa shape index (κ3) is 16.0. The smallest absolute Gasteiger partial charge is 0.329 e. The minimum absolute atomic E-state index is 0.00697. The van der Waals surface area contributed by atoms with Gasteiger partial charge in [0.2, 0.25) is 5.79 Å². The number of hydrogen-bond acceptors (Lipinski definition) is 16. The summed E-state index contributed by atoms with van der Waals surface area (Å²) in [5.41, 5.74) is -0.277. The number of piperidine rings is 1. The Labute approximate surface area is 433 Å². The maximum atomic E-state index is 14.5. The Hall–Kier alpha value is -3.94. The number of esters is 2. The number of methoxy groups -OCH3 is 3. The fraction of sp³-hybridized carbons (Fsp3) is 0.750. The highest BCUT2D eigenvalue weighted by molar-refractivity contribution is 6.39. The molecule has 3 fully saturated rings. The second kappa shape index (κ2) is 28.3. The van der Waals surface area contributed by atoms with Crippen LogP contribution in [0.15, 0.2) is 47.6 Å². The summed E-state index contributed by atoms with van der Waals surface area (Å²) in [7, 11) is 4.43. The summed E-state index contributed by atoms with van der Waals surface area (Å²) in [5, 5.41) is 43.1. The summed E-state index contributed by atoms with van der Waals surface area (Å²) in [6.07, 6.45) is 9.76. The summed E-state index contributed by atoms with van der Waals surface area (Å²) < 4.78 is 35.4. The van der Waals surface area contributed by atoms with Crippen LogP contribution in [-0.4, -0.2) is 156 Å². The first-order valence-electron chi connectivity index (χ1n) is 26.4. The fourth-order valence-electron chi connectivity index (χ4n) is 10.7. The van der Waals surface area contributed by atoms with Gasteiger partial charge in [-0.2, -0.15) is 0 Å². The zero-order chi connectivity index (χ0) is 54.4.